The zero-order valence-corrected chi connectivity index (χ0v) is 18.9. The highest BCUT2D eigenvalue weighted by Crippen LogP contribution is 2.36. The van der Waals surface area contributed by atoms with E-state index in [0.29, 0.717) is 47.2 Å². The minimum absolute atomic E-state index is 0.0943. The van der Waals surface area contributed by atoms with Crippen LogP contribution in [-0.2, 0) is 6.42 Å². The number of aromatic nitrogens is 1. The number of amides is 2. The van der Waals surface area contributed by atoms with Crippen LogP contribution in [0.1, 0.15) is 32.8 Å². The van der Waals surface area contributed by atoms with Crippen molar-refractivity contribution >= 4 is 23.4 Å². The van der Waals surface area contributed by atoms with Crippen molar-refractivity contribution in [3.63, 3.8) is 0 Å². The fourth-order valence-electron chi connectivity index (χ4n) is 3.72. The summed E-state index contributed by atoms with van der Waals surface area (Å²) in [5.41, 5.74) is 1.84. The van der Waals surface area contributed by atoms with Crippen molar-refractivity contribution in [2.45, 2.75) is 18.9 Å². The maximum atomic E-state index is 13.4. The molecule has 3 aromatic rings. The molecule has 0 saturated heterocycles. The Hall–Kier alpha value is -3.58. The van der Waals surface area contributed by atoms with E-state index in [4.69, 9.17) is 21.1 Å². The number of likely N-dealkylation sites (N-methyl/N-ethyl adjacent to an activating group) is 1. The summed E-state index contributed by atoms with van der Waals surface area (Å²) in [6.07, 6.45) is 2.73. The van der Waals surface area contributed by atoms with Crippen LogP contribution in [-0.4, -0.2) is 48.1 Å². The van der Waals surface area contributed by atoms with Gasteiger partial charge in [0.2, 0.25) is 6.79 Å². The number of ether oxygens (including phenoxy) is 2. The molecular weight excluding hydrogens is 442 g/mol. The third-order valence-electron chi connectivity index (χ3n) is 5.54. The number of benzene rings is 2. The Labute approximate surface area is 197 Å². The third kappa shape index (κ3) is 5.43. The first kappa shape index (κ1) is 22.6. The van der Waals surface area contributed by atoms with Gasteiger partial charge in [0.1, 0.15) is 5.69 Å². The summed E-state index contributed by atoms with van der Waals surface area (Å²) in [7, 11) is 1.76. The average Bonchev–Trinajstić information content (AvgIpc) is 3.33. The number of halogens is 1. The number of carbonyl (C=O) groups is 2. The van der Waals surface area contributed by atoms with E-state index in [9.17, 15) is 9.59 Å². The quantitative estimate of drug-likeness (QED) is 0.544. The van der Waals surface area contributed by atoms with Crippen molar-refractivity contribution in [1.82, 2.24) is 15.2 Å². The van der Waals surface area contributed by atoms with Crippen LogP contribution in [0.4, 0.5) is 0 Å². The number of nitrogens with zero attached hydrogens (tertiary/aromatic N) is 2. The summed E-state index contributed by atoms with van der Waals surface area (Å²) in [6, 6.07) is 17.8. The molecule has 8 heteroatoms. The lowest BCUT2D eigenvalue weighted by molar-refractivity contribution is 0.0718. The molecule has 2 amide bonds. The first-order chi connectivity index (χ1) is 16.0. The molecule has 1 aliphatic heterocycles. The number of hydrogen-bond acceptors (Lipinski definition) is 5. The van der Waals surface area contributed by atoms with Crippen molar-refractivity contribution in [3.05, 3.63) is 88.7 Å². The summed E-state index contributed by atoms with van der Waals surface area (Å²) in [5, 5.41) is 3.55. The molecular formula is C25H24ClN3O4. The SMILES string of the molecule is CN(C(=O)c1cccc2c1OCO2)C(CCNC(=O)c1ccccn1)Cc1ccc(Cl)cc1. The Balaban J connectivity index is 1.49. The summed E-state index contributed by atoms with van der Waals surface area (Å²) in [6.45, 7) is 0.481. The number of fused-ring (bicyclic) bond motifs is 1. The average molecular weight is 466 g/mol. The van der Waals surface area contributed by atoms with Crippen molar-refractivity contribution < 1.29 is 19.1 Å². The van der Waals surface area contributed by atoms with Gasteiger partial charge >= 0.3 is 0 Å². The van der Waals surface area contributed by atoms with Gasteiger partial charge < -0.3 is 19.7 Å². The number of carbonyl (C=O) groups excluding carboxylic acids is 2. The van der Waals surface area contributed by atoms with Crippen molar-refractivity contribution in [3.8, 4) is 11.5 Å². The van der Waals surface area contributed by atoms with Crippen LogP contribution in [0.15, 0.2) is 66.9 Å². The molecule has 0 spiro atoms. The lowest BCUT2D eigenvalue weighted by Gasteiger charge is -2.29. The van der Waals surface area contributed by atoms with Crippen molar-refractivity contribution in [1.29, 1.82) is 0 Å². The summed E-state index contributed by atoms with van der Waals surface area (Å²) >= 11 is 6.03. The Kier molecular flexibility index (Phi) is 7.10. The van der Waals surface area contributed by atoms with E-state index in [1.54, 1.807) is 54.5 Å². The van der Waals surface area contributed by atoms with Gasteiger partial charge in [-0.05, 0) is 54.8 Å². The molecule has 1 atom stereocenters. The van der Waals surface area contributed by atoms with Crippen LogP contribution in [0.2, 0.25) is 5.02 Å². The Morgan fingerprint density at radius 1 is 1.09 bits per heavy atom. The molecule has 4 rings (SSSR count). The fourth-order valence-corrected chi connectivity index (χ4v) is 3.85. The van der Waals surface area contributed by atoms with Gasteiger partial charge in [0.25, 0.3) is 11.8 Å². The number of pyridine rings is 1. The highest BCUT2D eigenvalue weighted by atomic mass is 35.5. The molecule has 0 saturated carbocycles. The molecule has 170 valence electrons. The van der Waals surface area contributed by atoms with Crippen LogP contribution in [0.5, 0.6) is 11.5 Å². The minimum atomic E-state index is -0.249. The number of nitrogens with one attached hydrogen (secondary N) is 1. The number of rotatable bonds is 8. The van der Waals surface area contributed by atoms with Crippen LogP contribution in [0, 0.1) is 0 Å². The second-order valence-electron chi connectivity index (χ2n) is 7.70. The van der Waals surface area contributed by atoms with Crippen molar-refractivity contribution in [2.75, 3.05) is 20.4 Å². The van der Waals surface area contributed by atoms with Gasteiger partial charge in [0, 0.05) is 30.9 Å². The monoisotopic (exact) mass is 465 g/mol. The molecule has 1 unspecified atom stereocenters. The van der Waals surface area contributed by atoms with Gasteiger partial charge in [0.05, 0.1) is 5.56 Å². The molecule has 0 radical (unpaired) electrons. The maximum Gasteiger partial charge on any atom is 0.269 e. The van der Waals surface area contributed by atoms with Crippen LogP contribution < -0.4 is 14.8 Å². The molecule has 1 aliphatic rings. The highest BCUT2D eigenvalue weighted by molar-refractivity contribution is 6.30. The lowest BCUT2D eigenvalue weighted by atomic mass is 10.0. The third-order valence-corrected chi connectivity index (χ3v) is 5.79. The van der Waals surface area contributed by atoms with Crippen LogP contribution in [0.3, 0.4) is 0 Å². The molecule has 7 nitrogen and oxygen atoms in total. The first-order valence-electron chi connectivity index (χ1n) is 10.6. The van der Waals surface area contributed by atoms with Gasteiger partial charge in [-0.15, -0.1) is 0 Å². The van der Waals surface area contributed by atoms with E-state index < -0.39 is 0 Å². The van der Waals surface area contributed by atoms with Gasteiger partial charge in [-0.3, -0.25) is 14.6 Å². The highest BCUT2D eigenvalue weighted by Gasteiger charge is 2.27. The molecule has 33 heavy (non-hydrogen) atoms. The number of para-hydroxylation sites is 1. The van der Waals surface area contributed by atoms with E-state index in [1.807, 2.05) is 24.3 Å². The van der Waals surface area contributed by atoms with Crippen molar-refractivity contribution in [2.24, 2.45) is 0 Å². The smallest absolute Gasteiger partial charge is 0.269 e. The van der Waals surface area contributed by atoms with E-state index >= 15 is 0 Å². The van der Waals surface area contributed by atoms with Gasteiger partial charge in [-0.2, -0.15) is 0 Å². The molecule has 1 N–H and O–H groups in total. The zero-order chi connectivity index (χ0) is 23.2. The first-order valence-corrected chi connectivity index (χ1v) is 11.0. The molecule has 2 heterocycles. The summed E-state index contributed by atoms with van der Waals surface area (Å²) in [4.78, 5) is 31.5. The van der Waals surface area contributed by atoms with Gasteiger partial charge in [0.15, 0.2) is 11.5 Å². The molecule has 2 aromatic carbocycles. The predicted molar refractivity (Wildman–Crippen MR) is 125 cm³/mol. The second kappa shape index (κ2) is 10.4. The van der Waals surface area contributed by atoms with Crippen LogP contribution >= 0.6 is 11.6 Å². The topological polar surface area (TPSA) is 80.8 Å². The van der Waals surface area contributed by atoms with E-state index in [-0.39, 0.29) is 24.6 Å². The minimum Gasteiger partial charge on any atom is -0.454 e. The Morgan fingerprint density at radius 2 is 1.91 bits per heavy atom. The standard InChI is InChI=1S/C25H24ClN3O4/c1-29(25(31)20-5-4-7-22-23(20)33-16-32-22)19(15-17-8-10-18(26)11-9-17)12-14-28-24(30)21-6-2-3-13-27-21/h2-11,13,19H,12,14-16H2,1H3,(H,28,30). The second-order valence-corrected chi connectivity index (χ2v) is 8.14. The van der Waals surface area contributed by atoms with Gasteiger partial charge in [-0.1, -0.05) is 35.9 Å². The van der Waals surface area contributed by atoms with E-state index in [1.165, 1.54) is 0 Å². The maximum absolute atomic E-state index is 13.4. The predicted octanol–water partition coefficient (Wildman–Crippen LogP) is 3.97. The Bertz CT molecular complexity index is 1120. The van der Waals surface area contributed by atoms with E-state index in [2.05, 4.69) is 10.3 Å². The normalized spacial score (nSPS) is 12.8. The number of hydrogen-bond donors (Lipinski definition) is 1. The Morgan fingerprint density at radius 3 is 2.67 bits per heavy atom. The summed E-state index contributed by atoms with van der Waals surface area (Å²) < 4.78 is 10.9. The molecule has 1 aromatic heterocycles. The molecule has 0 bridgehead atoms. The van der Waals surface area contributed by atoms with Gasteiger partial charge in [-0.25, -0.2) is 0 Å². The molecule has 0 aliphatic carbocycles. The fraction of sp³-hybridized carbons (Fsp3) is 0.240. The van der Waals surface area contributed by atoms with Crippen LogP contribution in [0.25, 0.3) is 0 Å². The largest absolute Gasteiger partial charge is 0.454 e. The lowest BCUT2D eigenvalue weighted by Crippen LogP contribution is -2.41. The van der Waals surface area contributed by atoms with E-state index in [0.717, 1.165) is 5.56 Å². The zero-order valence-electron chi connectivity index (χ0n) is 18.2. The summed E-state index contributed by atoms with van der Waals surface area (Å²) in [5.74, 6) is 0.600. The molecule has 0 fully saturated rings.